The van der Waals surface area contributed by atoms with Gasteiger partial charge >= 0.3 is 0 Å². The first-order valence-electron chi connectivity index (χ1n) is 4.94. The van der Waals surface area contributed by atoms with E-state index in [2.05, 4.69) is 15.4 Å². The second-order valence-electron chi connectivity index (χ2n) is 3.41. The minimum Gasteiger partial charge on any atom is -0.389 e. The van der Waals surface area contributed by atoms with Crippen molar-refractivity contribution < 1.29 is 14.6 Å². The number of rotatable bonds is 6. The Morgan fingerprint density at radius 2 is 2.44 bits per heavy atom. The van der Waals surface area contributed by atoms with Gasteiger partial charge in [0.25, 0.3) is 0 Å². The van der Waals surface area contributed by atoms with Gasteiger partial charge in [-0.25, -0.2) is 9.67 Å². The molecule has 1 rings (SSSR count). The molecule has 16 heavy (non-hydrogen) atoms. The van der Waals surface area contributed by atoms with Crippen molar-refractivity contribution >= 4 is 5.91 Å². The van der Waals surface area contributed by atoms with Gasteiger partial charge in [0.05, 0.1) is 12.7 Å². The van der Waals surface area contributed by atoms with Crippen LogP contribution in [0.1, 0.15) is 13.0 Å². The molecule has 7 nitrogen and oxygen atoms in total. The SMILES string of the molecule is COCC(O)CNC(=O)C(C)n1cncn1. The number of nitrogens with zero attached hydrogens (tertiary/aromatic N) is 3. The highest BCUT2D eigenvalue weighted by Crippen LogP contribution is 2.01. The molecule has 0 fully saturated rings. The van der Waals surface area contributed by atoms with Crippen molar-refractivity contribution in [1.82, 2.24) is 20.1 Å². The number of hydrogen-bond donors (Lipinski definition) is 2. The molecule has 1 amide bonds. The summed E-state index contributed by atoms with van der Waals surface area (Å²) in [6.07, 6.45) is 2.14. The summed E-state index contributed by atoms with van der Waals surface area (Å²) in [5.41, 5.74) is 0. The molecule has 0 aliphatic carbocycles. The van der Waals surface area contributed by atoms with Gasteiger partial charge < -0.3 is 15.2 Å². The maximum atomic E-state index is 11.6. The lowest BCUT2D eigenvalue weighted by Gasteiger charge is -2.14. The van der Waals surface area contributed by atoms with Crippen molar-refractivity contribution in [3.8, 4) is 0 Å². The summed E-state index contributed by atoms with van der Waals surface area (Å²) in [7, 11) is 1.49. The van der Waals surface area contributed by atoms with E-state index < -0.39 is 12.1 Å². The molecule has 0 radical (unpaired) electrons. The van der Waals surface area contributed by atoms with Crippen molar-refractivity contribution in [2.45, 2.75) is 19.1 Å². The normalized spacial score (nSPS) is 14.4. The van der Waals surface area contributed by atoms with E-state index in [4.69, 9.17) is 4.74 Å². The maximum absolute atomic E-state index is 11.6. The Hall–Kier alpha value is -1.47. The molecule has 7 heteroatoms. The molecule has 1 heterocycles. The number of carbonyl (C=O) groups is 1. The van der Waals surface area contributed by atoms with Gasteiger partial charge in [0.1, 0.15) is 18.7 Å². The molecule has 90 valence electrons. The Balaban J connectivity index is 2.35. The lowest BCUT2D eigenvalue weighted by Crippen LogP contribution is -2.38. The highest BCUT2D eigenvalue weighted by molar-refractivity contribution is 5.79. The highest BCUT2D eigenvalue weighted by atomic mass is 16.5. The van der Waals surface area contributed by atoms with Crippen LogP contribution in [0.25, 0.3) is 0 Å². The molecule has 1 aromatic rings. The number of methoxy groups -OCH3 is 1. The van der Waals surface area contributed by atoms with Crippen LogP contribution < -0.4 is 5.32 Å². The van der Waals surface area contributed by atoms with Crippen LogP contribution in [-0.4, -0.2) is 52.1 Å². The number of nitrogens with one attached hydrogen (secondary N) is 1. The monoisotopic (exact) mass is 228 g/mol. The first-order valence-corrected chi connectivity index (χ1v) is 4.94. The molecule has 1 aromatic heterocycles. The summed E-state index contributed by atoms with van der Waals surface area (Å²) < 4.78 is 6.18. The van der Waals surface area contributed by atoms with Crippen LogP contribution >= 0.6 is 0 Å². The van der Waals surface area contributed by atoms with Gasteiger partial charge in [-0.3, -0.25) is 4.79 Å². The molecule has 2 atom stereocenters. The van der Waals surface area contributed by atoms with Crippen LogP contribution in [0.3, 0.4) is 0 Å². The molecular formula is C9H16N4O3. The molecule has 2 N–H and O–H groups in total. The number of aliphatic hydroxyl groups excluding tert-OH is 1. The Morgan fingerprint density at radius 3 is 3.00 bits per heavy atom. The van der Waals surface area contributed by atoms with Gasteiger partial charge in [-0.15, -0.1) is 0 Å². The standard InChI is InChI=1S/C9H16N4O3/c1-7(13-6-10-5-12-13)9(15)11-3-8(14)4-16-2/h5-8,14H,3-4H2,1-2H3,(H,11,15). The van der Waals surface area contributed by atoms with E-state index in [9.17, 15) is 9.90 Å². The summed E-state index contributed by atoms with van der Waals surface area (Å²) in [6.45, 7) is 2.05. The van der Waals surface area contributed by atoms with Crippen molar-refractivity contribution in [2.24, 2.45) is 0 Å². The van der Waals surface area contributed by atoms with Gasteiger partial charge in [-0.05, 0) is 6.92 Å². The number of ether oxygens (including phenoxy) is 1. The predicted molar refractivity (Wildman–Crippen MR) is 55.6 cm³/mol. The molecule has 0 aromatic carbocycles. The van der Waals surface area contributed by atoms with Gasteiger partial charge in [0.2, 0.25) is 5.91 Å². The van der Waals surface area contributed by atoms with E-state index in [1.54, 1.807) is 6.92 Å². The quantitative estimate of drug-likeness (QED) is 0.649. The summed E-state index contributed by atoms with van der Waals surface area (Å²) in [6, 6.07) is -0.447. The molecule has 0 bridgehead atoms. The first kappa shape index (κ1) is 12.6. The smallest absolute Gasteiger partial charge is 0.244 e. The predicted octanol–water partition coefficient (Wildman–Crippen LogP) is -1.04. The van der Waals surface area contributed by atoms with Crippen molar-refractivity contribution in [2.75, 3.05) is 20.3 Å². The number of amides is 1. The third kappa shape index (κ3) is 3.59. The number of aromatic nitrogens is 3. The molecule has 0 saturated heterocycles. The summed E-state index contributed by atoms with van der Waals surface area (Å²) in [4.78, 5) is 15.4. The first-order chi connectivity index (χ1) is 7.65. The number of hydrogen-bond acceptors (Lipinski definition) is 5. The second kappa shape index (κ2) is 6.19. The fourth-order valence-electron chi connectivity index (χ4n) is 1.15. The number of carbonyl (C=O) groups excluding carboxylic acids is 1. The molecule has 0 spiro atoms. The zero-order valence-corrected chi connectivity index (χ0v) is 9.33. The van der Waals surface area contributed by atoms with Crippen molar-refractivity contribution in [3.05, 3.63) is 12.7 Å². The molecular weight excluding hydrogens is 212 g/mol. The Kier molecular flexibility index (Phi) is 4.87. The average Bonchev–Trinajstić information content (AvgIpc) is 2.78. The van der Waals surface area contributed by atoms with Crippen LogP contribution in [0.15, 0.2) is 12.7 Å². The van der Waals surface area contributed by atoms with Crippen LogP contribution in [0, 0.1) is 0 Å². The maximum Gasteiger partial charge on any atom is 0.244 e. The van der Waals surface area contributed by atoms with E-state index in [0.29, 0.717) is 0 Å². The van der Waals surface area contributed by atoms with E-state index in [0.717, 1.165) is 0 Å². The summed E-state index contributed by atoms with van der Waals surface area (Å²) >= 11 is 0. The Labute approximate surface area is 93.4 Å². The third-order valence-electron chi connectivity index (χ3n) is 2.08. The second-order valence-corrected chi connectivity index (χ2v) is 3.41. The molecule has 0 aliphatic heterocycles. The minimum atomic E-state index is -0.697. The van der Waals surface area contributed by atoms with E-state index >= 15 is 0 Å². The number of aliphatic hydroxyl groups is 1. The Bertz CT molecular complexity index is 315. The van der Waals surface area contributed by atoms with E-state index in [1.165, 1.54) is 24.4 Å². The Morgan fingerprint density at radius 1 is 1.69 bits per heavy atom. The van der Waals surface area contributed by atoms with Crippen LogP contribution in [0.2, 0.25) is 0 Å². The van der Waals surface area contributed by atoms with Gasteiger partial charge in [-0.1, -0.05) is 0 Å². The molecule has 0 saturated carbocycles. The minimum absolute atomic E-state index is 0.158. The molecule has 0 aliphatic rings. The van der Waals surface area contributed by atoms with Gasteiger partial charge in [0.15, 0.2) is 0 Å². The third-order valence-corrected chi connectivity index (χ3v) is 2.08. The van der Waals surface area contributed by atoms with Crippen LogP contribution in [-0.2, 0) is 9.53 Å². The van der Waals surface area contributed by atoms with Crippen molar-refractivity contribution in [1.29, 1.82) is 0 Å². The van der Waals surface area contributed by atoms with Crippen LogP contribution in [0.5, 0.6) is 0 Å². The lowest BCUT2D eigenvalue weighted by molar-refractivity contribution is -0.124. The van der Waals surface area contributed by atoms with Gasteiger partial charge in [-0.2, -0.15) is 5.10 Å². The van der Waals surface area contributed by atoms with Crippen LogP contribution in [0.4, 0.5) is 0 Å². The average molecular weight is 228 g/mol. The zero-order valence-electron chi connectivity index (χ0n) is 9.33. The van der Waals surface area contributed by atoms with Gasteiger partial charge in [0, 0.05) is 13.7 Å². The lowest BCUT2D eigenvalue weighted by atomic mass is 10.3. The summed E-state index contributed by atoms with van der Waals surface area (Å²) in [5.74, 6) is -0.222. The fourth-order valence-corrected chi connectivity index (χ4v) is 1.15. The zero-order chi connectivity index (χ0) is 12.0. The fraction of sp³-hybridized carbons (Fsp3) is 0.667. The van der Waals surface area contributed by atoms with E-state index in [1.807, 2.05) is 0 Å². The topological polar surface area (TPSA) is 89.3 Å². The highest BCUT2D eigenvalue weighted by Gasteiger charge is 2.15. The van der Waals surface area contributed by atoms with Crippen molar-refractivity contribution in [3.63, 3.8) is 0 Å². The van der Waals surface area contributed by atoms with E-state index in [-0.39, 0.29) is 19.1 Å². The molecule has 2 unspecified atom stereocenters. The summed E-state index contributed by atoms with van der Waals surface area (Å²) in [5, 5.41) is 15.8. The largest absolute Gasteiger partial charge is 0.389 e.